The molecule has 0 atom stereocenters. The van der Waals surface area contributed by atoms with E-state index in [9.17, 15) is 17.2 Å². The Balaban J connectivity index is 2.26. The van der Waals surface area contributed by atoms with Gasteiger partial charge >= 0.3 is 4.59 Å². The van der Waals surface area contributed by atoms with E-state index in [4.69, 9.17) is 5.26 Å². The topological polar surface area (TPSA) is 76.1 Å². The SMILES string of the molecule is O=S(=O)(N(C1CCCCC1)C1CCCCC1)C(F)(F)SOOO. The van der Waals surface area contributed by atoms with Crippen LogP contribution in [0, 0.1) is 0 Å². The van der Waals surface area contributed by atoms with Gasteiger partial charge in [-0.15, -0.1) is 4.33 Å². The van der Waals surface area contributed by atoms with E-state index in [1.165, 1.54) is 0 Å². The summed E-state index contributed by atoms with van der Waals surface area (Å²) in [5, 5.41) is 11.2. The number of nitrogens with zero attached hydrogens (tertiary/aromatic N) is 1. The molecule has 2 saturated carbocycles. The fourth-order valence-electron chi connectivity index (χ4n) is 3.58. The first kappa shape index (κ1) is 19.3. The summed E-state index contributed by atoms with van der Waals surface area (Å²) in [5.41, 5.74) is 0. The Labute approximate surface area is 139 Å². The van der Waals surface area contributed by atoms with Crippen LogP contribution in [0.15, 0.2) is 0 Å². The lowest BCUT2D eigenvalue weighted by atomic mass is 9.91. The minimum atomic E-state index is -4.93. The Morgan fingerprint density at radius 3 is 1.78 bits per heavy atom. The predicted molar refractivity (Wildman–Crippen MR) is 81.8 cm³/mol. The second-order valence-electron chi connectivity index (χ2n) is 6.11. The van der Waals surface area contributed by atoms with Crippen LogP contribution in [0.2, 0.25) is 0 Å². The van der Waals surface area contributed by atoms with Gasteiger partial charge in [0.25, 0.3) is 10.0 Å². The molecule has 2 fully saturated rings. The molecule has 2 aliphatic carbocycles. The van der Waals surface area contributed by atoms with E-state index in [1.807, 2.05) is 0 Å². The van der Waals surface area contributed by atoms with E-state index in [0.29, 0.717) is 25.7 Å². The highest BCUT2D eigenvalue weighted by atomic mass is 32.3. The third-order valence-electron chi connectivity index (χ3n) is 4.61. The lowest BCUT2D eigenvalue weighted by molar-refractivity contribution is -0.433. The number of sulfonamides is 1. The van der Waals surface area contributed by atoms with Crippen LogP contribution in [0.4, 0.5) is 8.78 Å². The molecule has 6 nitrogen and oxygen atoms in total. The maximum absolute atomic E-state index is 14.2. The van der Waals surface area contributed by atoms with Gasteiger partial charge in [0.05, 0.1) is 0 Å². The molecular formula is C13H23F2NO5S2. The molecule has 0 aromatic carbocycles. The number of halogens is 2. The summed E-state index contributed by atoms with van der Waals surface area (Å²) in [6, 6.07) is -0.781. The average Bonchev–Trinajstić information content (AvgIpc) is 2.55. The van der Waals surface area contributed by atoms with Crippen LogP contribution in [-0.2, 0) is 19.4 Å². The Bertz CT molecular complexity index is 447. The van der Waals surface area contributed by atoms with Crippen LogP contribution in [-0.4, -0.2) is 34.7 Å². The van der Waals surface area contributed by atoms with Gasteiger partial charge < -0.3 is 0 Å². The van der Waals surface area contributed by atoms with Crippen LogP contribution in [0.1, 0.15) is 64.2 Å². The minimum Gasteiger partial charge on any atom is -0.220 e. The molecule has 2 aliphatic rings. The van der Waals surface area contributed by atoms with Crippen LogP contribution in [0.3, 0.4) is 0 Å². The number of hydrogen-bond acceptors (Lipinski definition) is 6. The standard InChI is InChI=1S/C13H23F2NO5S2/c14-13(15,22-21-20-17)23(18,19)16(11-7-3-1-4-8-11)12-9-5-2-6-10-12/h11-12,17H,1-10H2. The Kier molecular flexibility index (Phi) is 7.05. The molecule has 136 valence electrons. The average molecular weight is 375 g/mol. The lowest BCUT2D eigenvalue weighted by Crippen LogP contribution is -2.53. The Hall–Kier alpha value is -0.0000000000000000971. The van der Waals surface area contributed by atoms with Crippen molar-refractivity contribution in [3.8, 4) is 0 Å². The molecule has 10 heteroatoms. The molecular weight excluding hydrogens is 352 g/mol. The van der Waals surface area contributed by atoms with Gasteiger partial charge in [0.2, 0.25) is 0 Å². The zero-order valence-corrected chi connectivity index (χ0v) is 14.5. The van der Waals surface area contributed by atoms with Crippen LogP contribution in [0.5, 0.6) is 0 Å². The summed E-state index contributed by atoms with van der Waals surface area (Å²) in [7, 11) is -4.93. The van der Waals surface area contributed by atoms with Crippen molar-refractivity contribution in [2.75, 3.05) is 0 Å². The highest BCUT2D eigenvalue weighted by molar-refractivity contribution is 8.10. The molecule has 2 rings (SSSR count). The van der Waals surface area contributed by atoms with Gasteiger partial charge in [0.15, 0.2) is 0 Å². The zero-order valence-electron chi connectivity index (χ0n) is 12.8. The smallest absolute Gasteiger partial charge is 0.220 e. The molecule has 0 saturated heterocycles. The van der Waals surface area contributed by atoms with Gasteiger partial charge in [-0.2, -0.15) is 13.1 Å². The van der Waals surface area contributed by atoms with Gasteiger partial charge in [-0.25, -0.2) is 13.7 Å². The van der Waals surface area contributed by atoms with E-state index in [2.05, 4.69) is 9.37 Å². The molecule has 1 N–H and O–H groups in total. The van der Waals surface area contributed by atoms with Crippen molar-refractivity contribution < 1.29 is 31.8 Å². The van der Waals surface area contributed by atoms with E-state index in [0.717, 1.165) is 42.8 Å². The van der Waals surface area contributed by atoms with Gasteiger partial charge in [-0.1, -0.05) is 43.6 Å². The van der Waals surface area contributed by atoms with Crippen molar-refractivity contribution in [3.05, 3.63) is 0 Å². The predicted octanol–water partition coefficient (Wildman–Crippen LogP) is 3.90. The quantitative estimate of drug-likeness (QED) is 0.413. The summed E-state index contributed by atoms with van der Waals surface area (Å²) >= 11 is -0.693. The van der Waals surface area contributed by atoms with Gasteiger partial charge in [0, 0.05) is 12.1 Å². The molecule has 0 aliphatic heterocycles. The second-order valence-corrected chi connectivity index (χ2v) is 9.07. The van der Waals surface area contributed by atoms with Crippen LogP contribution in [0.25, 0.3) is 0 Å². The van der Waals surface area contributed by atoms with Crippen molar-refractivity contribution in [3.63, 3.8) is 0 Å². The minimum absolute atomic E-state index is 0.390. The summed E-state index contributed by atoms with van der Waals surface area (Å²) in [6.07, 6.45) is 7.81. The van der Waals surface area contributed by atoms with E-state index in [1.54, 1.807) is 0 Å². The lowest BCUT2D eigenvalue weighted by Gasteiger charge is -2.41. The monoisotopic (exact) mass is 375 g/mol. The third-order valence-corrected chi connectivity index (χ3v) is 7.52. The molecule has 0 spiro atoms. The first-order valence-electron chi connectivity index (χ1n) is 7.97. The van der Waals surface area contributed by atoms with Crippen LogP contribution < -0.4 is 0 Å². The first-order valence-corrected chi connectivity index (χ1v) is 10.1. The molecule has 0 radical (unpaired) electrons. The molecule has 0 bridgehead atoms. The Morgan fingerprint density at radius 2 is 1.39 bits per heavy atom. The van der Waals surface area contributed by atoms with E-state index < -0.39 is 38.7 Å². The summed E-state index contributed by atoms with van der Waals surface area (Å²) in [5.74, 6) is 0. The van der Waals surface area contributed by atoms with Gasteiger partial charge in [0.1, 0.15) is 12.0 Å². The van der Waals surface area contributed by atoms with Crippen molar-refractivity contribution in [1.82, 2.24) is 4.31 Å². The normalized spacial score (nSPS) is 22.6. The van der Waals surface area contributed by atoms with Crippen molar-refractivity contribution in [2.24, 2.45) is 0 Å². The fraction of sp³-hybridized carbons (Fsp3) is 1.00. The largest absolute Gasteiger partial charge is 0.433 e. The highest BCUT2D eigenvalue weighted by Crippen LogP contribution is 2.42. The summed E-state index contributed by atoms with van der Waals surface area (Å²) < 4.78 is 54.1. The van der Waals surface area contributed by atoms with E-state index in [-0.39, 0.29) is 0 Å². The van der Waals surface area contributed by atoms with Crippen molar-refractivity contribution >= 4 is 22.1 Å². The first-order chi connectivity index (χ1) is 10.9. The molecule has 0 aromatic heterocycles. The molecule has 0 unspecified atom stereocenters. The number of rotatable bonds is 7. The second kappa shape index (κ2) is 8.39. The van der Waals surface area contributed by atoms with Gasteiger partial charge in [-0.05, 0) is 25.7 Å². The van der Waals surface area contributed by atoms with Crippen LogP contribution >= 0.6 is 12.0 Å². The zero-order chi connectivity index (χ0) is 16.9. The van der Waals surface area contributed by atoms with Crippen molar-refractivity contribution in [1.29, 1.82) is 0 Å². The number of hydrogen-bond donors (Lipinski definition) is 1. The number of alkyl halides is 2. The van der Waals surface area contributed by atoms with Crippen molar-refractivity contribution in [2.45, 2.75) is 80.9 Å². The maximum Gasteiger partial charge on any atom is 0.433 e. The van der Waals surface area contributed by atoms with E-state index >= 15 is 0 Å². The Morgan fingerprint density at radius 1 is 0.957 bits per heavy atom. The molecule has 0 amide bonds. The molecule has 0 heterocycles. The van der Waals surface area contributed by atoms with Gasteiger partial charge in [-0.3, -0.25) is 0 Å². The third kappa shape index (κ3) is 4.55. The molecule has 0 aromatic rings. The highest BCUT2D eigenvalue weighted by Gasteiger charge is 2.55. The molecule has 23 heavy (non-hydrogen) atoms. The maximum atomic E-state index is 14.2. The fourth-order valence-corrected chi connectivity index (χ4v) is 5.83. The summed E-state index contributed by atoms with van der Waals surface area (Å²) in [4.78, 5) is 0. The summed E-state index contributed by atoms with van der Waals surface area (Å²) in [6.45, 7) is 0.